The Kier molecular flexibility index (Phi) is 3.72. The van der Waals surface area contributed by atoms with Gasteiger partial charge in [-0.15, -0.1) is 0 Å². The fourth-order valence-electron chi connectivity index (χ4n) is 3.33. The number of benzene rings is 1. The van der Waals surface area contributed by atoms with Crippen LogP contribution in [0.15, 0.2) is 18.2 Å². The monoisotopic (exact) mass is 310 g/mol. The summed E-state index contributed by atoms with van der Waals surface area (Å²) in [5.74, 6) is 0.788. The fourth-order valence-corrected chi connectivity index (χ4v) is 3.33. The molecule has 0 unspecified atom stereocenters. The third-order valence-corrected chi connectivity index (χ3v) is 4.27. The number of hydrogen-bond donors (Lipinski definition) is 1. The fraction of sp³-hybridized carbons (Fsp3) is 0.333. The molecule has 5 nitrogen and oxygen atoms in total. The number of hydrogen-bond acceptors (Lipinski definition) is 4. The summed E-state index contributed by atoms with van der Waals surface area (Å²) in [6, 6.07) is 5.83. The quantitative estimate of drug-likeness (QED) is 0.750. The molecule has 0 atom stereocenters. The number of nitrogens with two attached hydrogens (primary N) is 1. The van der Waals surface area contributed by atoms with Crippen molar-refractivity contribution < 1.29 is 4.74 Å². The smallest absolute Gasteiger partial charge is 0.121 e. The molecule has 23 heavy (non-hydrogen) atoms. The standard InChI is InChI=1S/C18H22N4O/c1-6-23-14-7-8-16(15(19)9-14)22-12(4)17-10(2)20-21-11(3)18(17)13(22)5/h7-9H,6,19H2,1-5H3. The van der Waals surface area contributed by atoms with Gasteiger partial charge in [-0.25, -0.2) is 0 Å². The SMILES string of the molecule is CCOc1ccc(-n2c(C)c3c(C)nnc(C)c3c2C)c(N)c1. The molecular formula is C18H22N4O. The first-order valence-corrected chi connectivity index (χ1v) is 7.79. The van der Waals surface area contributed by atoms with Crippen LogP contribution < -0.4 is 10.5 Å². The van der Waals surface area contributed by atoms with Gasteiger partial charge in [0, 0.05) is 28.2 Å². The maximum atomic E-state index is 6.29. The van der Waals surface area contributed by atoms with Gasteiger partial charge in [0.25, 0.3) is 0 Å². The highest BCUT2D eigenvalue weighted by Gasteiger charge is 2.18. The molecule has 2 heterocycles. The molecule has 0 fully saturated rings. The van der Waals surface area contributed by atoms with Crippen molar-refractivity contribution >= 4 is 16.5 Å². The highest BCUT2D eigenvalue weighted by Crippen LogP contribution is 2.34. The highest BCUT2D eigenvalue weighted by molar-refractivity contribution is 5.93. The molecule has 1 aromatic carbocycles. The predicted molar refractivity (Wildman–Crippen MR) is 93.4 cm³/mol. The molecule has 0 aliphatic heterocycles. The number of anilines is 1. The summed E-state index contributed by atoms with van der Waals surface area (Å²) in [6.07, 6.45) is 0. The number of fused-ring (bicyclic) bond motifs is 1. The summed E-state index contributed by atoms with van der Waals surface area (Å²) in [4.78, 5) is 0. The van der Waals surface area contributed by atoms with Crippen LogP contribution in [0.25, 0.3) is 16.5 Å². The number of aryl methyl sites for hydroxylation is 4. The molecule has 0 saturated heterocycles. The highest BCUT2D eigenvalue weighted by atomic mass is 16.5. The van der Waals surface area contributed by atoms with E-state index in [1.165, 1.54) is 0 Å². The van der Waals surface area contributed by atoms with Gasteiger partial charge in [-0.1, -0.05) is 0 Å². The summed E-state index contributed by atoms with van der Waals surface area (Å²) in [7, 11) is 0. The van der Waals surface area contributed by atoms with E-state index in [0.29, 0.717) is 12.3 Å². The van der Waals surface area contributed by atoms with Crippen LogP contribution in [0, 0.1) is 27.7 Å². The van der Waals surface area contributed by atoms with Crippen molar-refractivity contribution in [1.82, 2.24) is 14.8 Å². The van der Waals surface area contributed by atoms with E-state index in [-0.39, 0.29) is 0 Å². The Morgan fingerprint density at radius 1 is 1.00 bits per heavy atom. The van der Waals surface area contributed by atoms with Gasteiger partial charge in [-0.3, -0.25) is 0 Å². The average molecular weight is 310 g/mol. The molecule has 0 amide bonds. The summed E-state index contributed by atoms with van der Waals surface area (Å²) in [5, 5.41) is 10.8. The first-order chi connectivity index (χ1) is 11.0. The molecule has 2 aromatic heterocycles. The van der Waals surface area contributed by atoms with Crippen LogP contribution in [-0.2, 0) is 0 Å². The third kappa shape index (κ3) is 2.32. The van der Waals surface area contributed by atoms with E-state index in [9.17, 15) is 0 Å². The van der Waals surface area contributed by atoms with Crippen molar-refractivity contribution in [3.63, 3.8) is 0 Å². The zero-order valence-electron chi connectivity index (χ0n) is 14.3. The number of aromatic nitrogens is 3. The molecule has 0 bridgehead atoms. The lowest BCUT2D eigenvalue weighted by atomic mass is 10.1. The molecule has 0 aliphatic carbocycles. The Bertz CT molecular complexity index is 851. The second-order valence-corrected chi connectivity index (χ2v) is 5.78. The summed E-state index contributed by atoms with van der Waals surface area (Å²) in [5.41, 5.74) is 12.1. The average Bonchev–Trinajstić information content (AvgIpc) is 2.77. The van der Waals surface area contributed by atoms with Crippen LogP contribution in [0.2, 0.25) is 0 Å². The molecule has 0 spiro atoms. The van der Waals surface area contributed by atoms with Gasteiger partial charge in [-0.05, 0) is 46.8 Å². The van der Waals surface area contributed by atoms with E-state index in [4.69, 9.17) is 10.5 Å². The molecule has 0 saturated carbocycles. The van der Waals surface area contributed by atoms with Crippen molar-refractivity contribution in [2.75, 3.05) is 12.3 Å². The molecule has 3 aromatic rings. The zero-order valence-corrected chi connectivity index (χ0v) is 14.3. The third-order valence-electron chi connectivity index (χ3n) is 4.27. The molecule has 5 heteroatoms. The van der Waals surface area contributed by atoms with Crippen molar-refractivity contribution in [1.29, 1.82) is 0 Å². The van der Waals surface area contributed by atoms with E-state index >= 15 is 0 Å². The molecule has 120 valence electrons. The second-order valence-electron chi connectivity index (χ2n) is 5.78. The minimum Gasteiger partial charge on any atom is -0.494 e. The second kappa shape index (κ2) is 5.57. The lowest BCUT2D eigenvalue weighted by Crippen LogP contribution is -2.04. The number of rotatable bonds is 3. The van der Waals surface area contributed by atoms with Gasteiger partial charge in [0.15, 0.2) is 0 Å². The van der Waals surface area contributed by atoms with Crippen LogP contribution in [0.1, 0.15) is 29.7 Å². The summed E-state index contributed by atoms with van der Waals surface area (Å²) >= 11 is 0. The Balaban J connectivity index is 2.29. The topological polar surface area (TPSA) is 66.0 Å². The van der Waals surface area contributed by atoms with E-state index in [1.807, 2.05) is 39.0 Å². The van der Waals surface area contributed by atoms with Gasteiger partial charge < -0.3 is 15.0 Å². The normalized spacial score (nSPS) is 11.2. The lowest BCUT2D eigenvalue weighted by molar-refractivity contribution is 0.340. The van der Waals surface area contributed by atoms with Gasteiger partial charge in [-0.2, -0.15) is 10.2 Å². The van der Waals surface area contributed by atoms with E-state index in [1.54, 1.807) is 0 Å². The van der Waals surface area contributed by atoms with Gasteiger partial charge in [0.1, 0.15) is 5.75 Å². The van der Waals surface area contributed by atoms with Gasteiger partial charge in [0.05, 0.1) is 29.4 Å². The number of ether oxygens (including phenoxy) is 1. The van der Waals surface area contributed by atoms with Gasteiger partial charge >= 0.3 is 0 Å². The predicted octanol–water partition coefficient (Wildman–Crippen LogP) is 3.64. The maximum absolute atomic E-state index is 6.29. The molecule has 0 aliphatic rings. The number of nitrogens with zero attached hydrogens (tertiary/aromatic N) is 3. The lowest BCUT2D eigenvalue weighted by Gasteiger charge is -2.14. The van der Waals surface area contributed by atoms with Crippen LogP contribution in [0.4, 0.5) is 5.69 Å². The zero-order chi connectivity index (χ0) is 16.7. The molecule has 2 N–H and O–H groups in total. The van der Waals surface area contributed by atoms with E-state index < -0.39 is 0 Å². The van der Waals surface area contributed by atoms with Crippen molar-refractivity contribution in [3.8, 4) is 11.4 Å². The summed E-state index contributed by atoms with van der Waals surface area (Å²) in [6.45, 7) is 10.8. The largest absolute Gasteiger partial charge is 0.494 e. The Morgan fingerprint density at radius 3 is 2.04 bits per heavy atom. The first-order valence-electron chi connectivity index (χ1n) is 7.79. The molecule has 0 radical (unpaired) electrons. The van der Waals surface area contributed by atoms with E-state index in [2.05, 4.69) is 28.6 Å². The summed E-state index contributed by atoms with van der Waals surface area (Å²) < 4.78 is 7.71. The molecular weight excluding hydrogens is 288 g/mol. The van der Waals surface area contributed by atoms with Crippen LogP contribution in [0.3, 0.4) is 0 Å². The van der Waals surface area contributed by atoms with E-state index in [0.717, 1.165) is 45.0 Å². The van der Waals surface area contributed by atoms with Crippen molar-refractivity contribution in [3.05, 3.63) is 41.0 Å². The van der Waals surface area contributed by atoms with Crippen molar-refractivity contribution in [2.24, 2.45) is 0 Å². The van der Waals surface area contributed by atoms with Gasteiger partial charge in [0.2, 0.25) is 0 Å². The maximum Gasteiger partial charge on any atom is 0.121 e. The van der Waals surface area contributed by atoms with Crippen LogP contribution in [-0.4, -0.2) is 21.4 Å². The van der Waals surface area contributed by atoms with Crippen LogP contribution in [0.5, 0.6) is 5.75 Å². The molecule has 3 rings (SSSR count). The van der Waals surface area contributed by atoms with Crippen molar-refractivity contribution in [2.45, 2.75) is 34.6 Å². The Labute approximate surface area is 136 Å². The Hall–Kier alpha value is -2.56. The number of nitrogen functional groups attached to an aromatic ring is 1. The minimum absolute atomic E-state index is 0.625. The minimum atomic E-state index is 0.625. The van der Waals surface area contributed by atoms with Crippen LogP contribution >= 0.6 is 0 Å². The first kappa shape index (κ1) is 15.3. The Morgan fingerprint density at radius 2 is 1.57 bits per heavy atom.